The Labute approximate surface area is 168 Å². The summed E-state index contributed by atoms with van der Waals surface area (Å²) in [6.07, 6.45) is 1.66. The van der Waals surface area contributed by atoms with Crippen LogP contribution in [0, 0.1) is 0 Å². The van der Waals surface area contributed by atoms with Gasteiger partial charge in [-0.1, -0.05) is 11.6 Å². The first-order valence-corrected chi connectivity index (χ1v) is 9.39. The number of pyridine rings is 1. The summed E-state index contributed by atoms with van der Waals surface area (Å²) >= 11 is 7.18. The van der Waals surface area contributed by atoms with E-state index >= 15 is 0 Å². The monoisotopic (exact) mass is 412 g/mol. The minimum atomic E-state index is -0.456. The number of nitrogens with one attached hydrogen (secondary N) is 2. The van der Waals surface area contributed by atoms with E-state index in [0.717, 1.165) is 16.5 Å². The maximum Gasteiger partial charge on any atom is 0.354 e. The highest BCUT2D eigenvalue weighted by Gasteiger charge is 2.14. The van der Waals surface area contributed by atoms with Gasteiger partial charge in [0.25, 0.3) is 5.91 Å². The second-order valence-corrected chi connectivity index (χ2v) is 7.07. The highest BCUT2D eigenvalue weighted by molar-refractivity contribution is 7.14. The zero-order valence-corrected chi connectivity index (χ0v) is 16.1. The molecule has 7 nitrogen and oxygen atoms in total. The molecule has 9 heteroatoms. The molecule has 0 fully saturated rings. The molecule has 0 bridgehead atoms. The zero-order chi connectivity index (χ0) is 19.7. The zero-order valence-electron chi connectivity index (χ0n) is 14.5. The maximum absolute atomic E-state index is 12.5. The molecule has 0 aliphatic carbocycles. The summed E-state index contributed by atoms with van der Waals surface area (Å²) in [6.45, 7) is 0. The molecule has 1 aromatic carbocycles. The number of H-pyrrole nitrogens is 1. The summed E-state index contributed by atoms with van der Waals surface area (Å²) < 4.78 is 4.67. The number of benzene rings is 1. The molecule has 3 aromatic heterocycles. The van der Waals surface area contributed by atoms with Gasteiger partial charge < -0.3 is 9.72 Å². The van der Waals surface area contributed by atoms with Gasteiger partial charge in [0.2, 0.25) is 0 Å². The number of thiazole rings is 1. The van der Waals surface area contributed by atoms with Gasteiger partial charge >= 0.3 is 5.97 Å². The molecule has 4 rings (SSSR count). The van der Waals surface area contributed by atoms with Crippen molar-refractivity contribution in [1.82, 2.24) is 15.0 Å². The van der Waals surface area contributed by atoms with Crippen LogP contribution in [0.3, 0.4) is 0 Å². The van der Waals surface area contributed by atoms with E-state index in [1.165, 1.54) is 18.4 Å². The molecule has 0 aliphatic rings. The van der Waals surface area contributed by atoms with Gasteiger partial charge in [-0.05, 0) is 36.4 Å². The lowest BCUT2D eigenvalue weighted by atomic mass is 10.1. The van der Waals surface area contributed by atoms with Crippen molar-refractivity contribution in [3.05, 3.63) is 64.4 Å². The third kappa shape index (κ3) is 3.60. The number of rotatable bonds is 4. The van der Waals surface area contributed by atoms with Crippen molar-refractivity contribution in [2.75, 3.05) is 12.4 Å². The van der Waals surface area contributed by atoms with Gasteiger partial charge in [-0.25, -0.2) is 14.8 Å². The van der Waals surface area contributed by atoms with Gasteiger partial charge in [-0.2, -0.15) is 0 Å². The number of esters is 1. The van der Waals surface area contributed by atoms with Gasteiger partial charge in [0.1, 0.15) is 10.8 Å². The molecule has 4 aromatic rings. The molecule has 0 saturated carbocycles. The fraction of sp³-hybridized carbons (Fsp3) is 0.0526. The number of anilines is 1. The number of aromatic nitrogens is 3. The van der Waals surface area contributed by atoms with Crippen molar-refractivity contribution in [3.63, 3.8) is 0 Å². The number of fused-ring (bicyclic) bond motifs is 1. The Kier molecular flexibility index (Phi) is 4.81. The minimum Gasteiger partial charge on any atom is -0.464 e. The van der Waals surface area contributed by atoms with Crippen LogP contribution in [0.5, 0.6) is 0 Å². The van der Waals surface area contributed by atoms with Crippen LogP contribution in [-0.4, -0.2) is 33.9 Å². The van der Waals surface area contributed by atoms with E-state index in [9.17, 15) is 9.59 Å². The summed E-state index contributed by atoms with van der Waals surface area (Å²) in [6, 6.07) is 10.3. The highest BCUT2D eigenvalue weighted by atomic mass is 35.5. The molecule has 3 heterocycles. The van der Waals surface area contributed by atoms with Crippen molar-refractivity contribution in [2.24, 2.45) is 0 Å². The summed E-state index contributed by atoms with van der Waals surface area (Å²) in [5.74, 6) is -0.732. The third-order valence-corrected chi connectivity index (χ3v) is 4.99. The number of methoxy groups -OCH3 is 1. The fourth-order valence-electron chi connectivity index (χ4n) is 2.65. The topological polar surface area (TPSA) is 97.0 Å². The number of carbonyl (C=O) groups excluding carboxylic acids is 2. The van der Waals surface area contributed by atoms with Gasteiger partial charge in [0.05, 0.1) is 18.3 Å². The van der Waals surface area contributed by atoms with Crippen molar-refractivity contribution in [3.8, 4) is 11.3 Å². The van der Waals surface area contributed by atoms with Crippen LogP contribution < -0.4 is 5.32 Å². The van der Waals surface area contributed by atoms with E-state index in [2.05, 4.69) is 25.0 Å². The van der Waals surface area contributed by atoms with E-state index in [0.29, 0.717) is 27.2 Å². The molecule has 0 aliphatic heterocycles. The van der Waals surface area contributed by atoms with E-state index in [4.69, 9.17) is 11.6 Å². The SMILES string of the molecule is COC(=O)c1cc(-c2csc(NC(=O)c3ccc4nc(Cl)ccc4c3)n2)c[nH]1. The normalized spacial score (nSPS) is 10.8. The molecule has 0 saturated heterocycles. The molecule has 0 atom stereocenters. The third-order valence-electron chi connectivity index (χ3n) is 4.03. The molecule has 0 spiro atoms. The minimum absolute atomic E-state index is 0.276. The summed E-state index contributed by atoms with van der Waals surface area (Å²) in [5, 5.41) is 6.26. The smallest absolute Gasteiger partial charge is 0.354 e. The summed E-state index contributed by atoms with van der Waals surface area (Å²) in [4.78, 5) is 35.5. The van der Waals surface area contributed by atoms with E-state index < -0.39 is 5.97 Å². The van der Waals surface area contributed by atoms with E-state index in [1.54, 1.807) is 41.9 Å². The van der Waals surface area contributed by atoms with Crippen LogP contribution >= 0.6 is 22.9 Å². The van der Waals surface area contributed by atoms with Crippen LogP contribution in [0.4, 0.5) is 5.13 Å². The van der Waals surface area contributed by atoms with Crippen molar-refractivity contribution in [1.29, 1.82) is 0 Å². The maximum atomic E-state index is 12.5. The number of amides is 1. The lowest BCUT2D eigenvalue weighted by Crippen LogP contribution is -2.11. The summed E-state index contributed by atoms with van der Waals surface area (Å²) in [5.41, 5.74) is 2.91. The Hall–Kier alpha value is -3.23. The standard InChI is InChI=1S/C19H13ClN4O3S/c1-27-18(26)14-7-12(8-21-14)15-9-28-19(23-15)24-17(25)11-2-4-13-10(6-11)3-5-16(20)22-13/h2-9,21H,1H3,(H,23,24,25). The van der Waals surface area contributed by atoms with Crippen LogP contribution in [0.2, 0.25) is 5.15 Å². The Morgan fingerprint density at radius 1 is 1.18 bits per heavy atom. The lowest BCUT2D eigenvalue weighted by Gasteiger charge is -2.04. The number of ether oxygens (including phenoxy) is 1. The molecule has 2 N–H and O–H groups in total. The number of halogens is 1. The second-order valence-electron chi connectivity index (χ2n) is 5.83. The molecular weight excluding hydrogens is 400 g/mol. The molecule has 0 unspecified atom stereocenters. The Morgan fingerprint density at radius 3 is 2.86 bits per heavy atom. The molecule has 28 heavy (non-hydrogen) atoms. The molecular formula is C19H13ClN4O3S. The Morgan fingerprint density at radius 2 is 2.04 bits per heavy atom. The number of hydrogen-bond donors (Lipinski definition) is 2. The first-order chi connectivity index (χ1) is 13.5. The largest absolute Gasteiger partial charge is 0.464 e. The molecule has 140 valence electrons. The van der Waals surface area contributed by atoms with Crippen LogP contribution in [0.25, 0.3) is 22.2 Å². The average Bonchev–Trinajstić information content (AvgIpc) is 3.36. The van der Waals surface area contributed by atoms with Crippen LogP contribution in [-0.2, 0) is 4.74 Å². The van der Waals surface area contributed by atoms with Crippen molar-refractivity contribution < 1.29 is 14.3 Å². The molecule has 0 radical (unpaired) electrons. The first kappa shape index (κ1) is 18.1. The number of carbonyl (C=O) groups is 2. The van der Waals surface area contributed by atoms with E-state index in [-0.39, 0.29) is 5.91 Å². The van der Waals surface area contributed by atoms with Gasteiger partial charge in [-0.15, -0.1) is 11.3 Å². The number of nitrogens with zero attached hydrogens (tertiary/aromatic N) is 2. The number of aromatic amines is 1. The van der Waals surface area contributed by atoms with Crippen molar-refractivity contribution >= 4 is 50.8 Å². The van der Waals surface area contributed by atoms with Crippen LogP contribution in [0.15, 0.2) is 48.0 Å². The second kappa shape index (κ2) is 7.41. The molecule has 1 amide bonds. The van der Waals surface area contributed by atoms with Crippen molar-refractivity contribution in [2.45, 2.75) is 0 Å². The quantitative estimate of drug-likeness (QED) is 0.383. The van der Waals surface area contributed by atoms with Gasteiger partial charge in [0, 0.05) is 28.1 Å². The number of hydrogen-bond acceptors (Lipinski definition) is 6. The first-order valence-electron chi connectivity index (χ1n) is 8.14. The Bertz CT molecular complexity index is 1200. The summed E-state index contributed by atoms with van der Waals surface area (Å²) in [7, 11) is 1.32. The average molecular weight is 413 g/mol. The van der Waals surface area contributed by atoms with Crippen LogP contribution in [0.1, 0.15) is 20.8 Å². The van der Waals surface area contributed by atoms with E-state index in [1.807, 2.05) is 6.07 Å². The highest BCUT2D eigenvalue weighted by Crippen LogP contribution is 2.26. The predicted octanol–water partition coefficient (Wildman–Crippen LogP) is 4.38. The predicted molar refractivity (Wildman–Crippen MR) is 108 cm³/mol. The van der Waals surface area contributed by atoms with Gasteiger partial charge in [0.15, 0.2) is 5.13 Å². The fourth-order valence-corrected chi connectivity index (χ4v) is 3.51. The van der Waals surface area contributed by atoms with Gasteiger partial charge in [-0.3, -0.25) is 10.1 Å². The lowest BCUT2D eigenvalue weighted by molar-refractivity contribution is 0.0594. The Balaban J connectivity index is 1.52.